The number of ether oxygens (including phenoxy) is 1. The van der Waals surface area contributed by atoms with Crippen LogP contribution in [0.1, 0.15) is 44.7 Å². The van der Waals surface area contributed by atoms with Gasteiger partial charge in [-0.15, -0.1) is 0 Å². The monoisotopic (exact) mass is 565 g/mol. The van der Waals surface area contributed by atoms with Crippen LogP contribution in [0.2, 0.25) is 0 Å². The zero-order valence-corrected chi connectivity index (χ0v) is 24.5. The number of aryl methyl sites for hydroxylation is 1. The Morgan fingerprint density at radius 2 is 1.57 bits per heavy atom. The minimum Gasteiger partial charge on any atom is -0.494 e. The third kappa shape index (κ3) is 8.08. The van der Waals surface area contributed by atoms with Gasteiger partial charge >= 0.3 is 0 Å². The molecule has 0 aliphatic heterocycles. The maximum absolute atomic E-state index is 13.9. The van der Waals surface area contributed by atoms with E-state index in [1.54, 1.807) is 49.4 Å². The molecule has 0 saturated carbocycles. The number of sulfonamides is 1. The Morgan fingerprint density at radius 3 is 2.17 bits per heavy atom. The third-order valence-corrected chi connectivity index (χ3v) is 8.30. The molecule has 0 saturated heterocycles. The molecule has 3 aromatic rings. The molecule has 0 fully saturated rings. The van der Waals surface area contributed by atoms with Gasteiger partial charge in [-0.05, 0) is 69.2 Å². The van der Waals surface area contributed by atoms with E-state index in [4.69, 9.17) is 4.74 Å². The normalized spacial score (nSPS) is 11.9. The second-order valence-corrected chi connectivity index (χ2v) is 11.4. The molecular weight excluding hydrogens is 526 g/mol. The van der Waals surface area contributed by atoms with Crippen molar-refractivity contribution in [3.8, 4) is 5.75 Å². The molecule has 0 aromatic heterocycles. The molecule has 40 heavy (non-hydrogen) atoms. The number of nitrogens with zero attached hydrogens (tertiary/aromatic N) is 2. The molecule has 0 spiro atoms. The quantitative estimate of drug-likeness (QED) is 0.280. The van der Waals surface area contributed by atoms with Crippen LogP contribution < -0.4 is 14.4 Å². The summed E-state index contributed by atoms with van der Waals surface area (Å²) in [5, 5.41) is 2.89. The molecule has 214 valence electrons. The van der Waals surface area contributed by atoms with Crippen LogP contribution in [0.25, 0.3) is 0 Å². The zero-order valence-electron chi connectivity index (χ0n) is 23.7. The van der Waals surface area contributed by atoms with E-state index in [2.05, 4.69) is 5.32 Å². The average molecular weight is 566 g/mol. The molecule has 2 amide bonds. The number of nitrogens with one attached hydrogen (secondary N) is 1. The van der Waals surface area contributed by atoms with Crippen molar-refractivity contribution in [2.75, 3.05) is 24.0 Å². The minimum absolute atomic E-state index is 0.0622. The summed E-state index contributed by atoms with van der Waals surface area (Å²) in [5.41, 5.74) is 2.23. The van der Waals surface area contributed by atoms with Crippen LogP contribution in [-0.4, -0.2) is 50.9 Å². The van der Waals surface area contributed by atoms with Crippen molar-refractivity contribution in [1.82, 2.24) is 10.2 Å². The first-order valence-corrected chi connectivity index (χ1v) is 15.0. The van der Waals surface area contributed by atoms with Gasteiger partial charge in [-0.1, -0.05) is 61.4 Å². The van der Waals surface area contributed by atoms with Crippen LogP contribution in [-0.2, 0) is 26.2 Å². The maximum Gasteiger partial charge on any atom is 0.264 e. The van der Waals surface area contributed by atoms with E-state index in [1.807, 2.05) is 45.0 Å². The van der Waals surface area contributed by atoms with Gasteiger partial charge in [-0.3, -0.25) is 13.9 Å². The first-order valence-electron chi connectivity index (χ1n) is 13.6. The second kappa shape index (κ2) is 14.5. The van der Waals surface area contributed by atoms with Gasteiger partial charge in [0.15, 0.2) is 0 Å². The SMILES string of the molecule is CCCCNC(=O)C(C)N(Cc1ccc(C)cc1)C(=O)CN(c1ccc(OCC)cc1)S(=O)(=O)c1ccccc1. The Bertz CT molecular complexity index is 1340. The fourth-order valence-corrected chi connectivity index (χ4v) is 5.57. The number of hydrogen-bond donors (Lipinski definition) is 1. The van der Waals surface area contributed by atoms with Crippen molar-refractivity contribution in [3.05, 3.63) is 90.0 Å². The number of carbonyl (C=O) groups excluding carboxylic acids is 2. The van der Waals surface area contributed by atoms with E-state index in [9.17, 15) is 18.0 Å². The van der Waals surface area contributed by atoms with E-state index < -0.39 is 28.5 Å². The van der Waals surface area contributed by atoms with Crippen LogP contribution >= 0.6 is 0 Å². The highest BCUT2D eigenvalue weighted by Crippen LogP contribution is 2.26. The molecule has 0 bridgehead atoms. The van der Waals surface area contributed by atoms with Crippen molar-refractivity contribution in [1.29, 1.82) is 0 Å². The van der Waals surface area contributed by atoms with Gasteiger partial charge in [0, 0.05) is 13.1 Å². The standard InChI is InChI=1S/C31H39N3O5S/c1-5-7-21-32-31(36)25(4)33(22-26-15-13-24(3)14-16-26)30(35)23-34(27-17-19-28(20-18-27)39-6-2)40(37,38)29-11-9-8-10-12-29/h8-20,25H,5-7,21-23H2,1-4H3,(H,32,36). The van der Waals surface area contributed by atoms with E-state index in [0.717, 1.165) is 28.3 Å². The fourth-order valence-electron chi connectivity index (χ4n) is 4.13. The lowest BCUT2D eigenvalue weighted by molar-refractivity contribution is -0.139. The van der Waals surface area contributed by atoms with Crippen LogP contribution in [0.15, 0.2) is 83.8 Å². The molecule has 1 atom stereocenters. The predicted octanol–water partition coefficient (Wildman–Crippen LogP) is 4.92. The van der Waals surface area contributed by atoms with Crippen LogP contribution in [0.3, 0.4) is 0 Å². The highest BCUT2D eigenvalue weighted by atomic mass is 32.2. The van der Waals surface area contributed by atoms with Gasteiger partial charge in [0.25, 0.3) is 10.0 Å². The molecule has 3 aromatic carbocycles. The smallest absolute Gasteiger partial charge is 0.264 e. The number of amides is 2. The summed E-state index contributed by atoms with van der Waals surface area (Å²) < 4.78 is 34.2. The topological polar surface area (TPSA) is 96.0 Å². The Labute approximate surface area is 238 Å². The average Bonchev–Trinajstić information content (AvgIpc) is 2.96. The van der Waals surface area contributed by atoms with Crippen molar-refractivity contribution in [2.24, 2.45) is 0 Å². The Hall–Kier alpha value is -3.85. The Morgan fingerprint density at radius 1 is 0.925 bits per heavy atom. The molecular formula is C31H39N3O5S. The lowest BCUT2D eigenvalue weighted by Crippen LogP contribution is -2.51. The third-order valence-electron chi connectivity index (χ3n) is 6.52. The summed E-state index contributed by atoms with van der Waals surface area (Å²) in [5.74, 6) is -0.187. The van der Waals surface area contributed by atoms with Gasteiger partial charge in [0.05, 0.1) is 17.2 Å². The first kappa shape index (κ1) is 30.7. The van der Waals surface area contributed by atoms with Crippen LogP contribution in [0, 0.1) is 6.92 Å². The molecule has 0 aliphatic carbocycles. The van der Waals surface area contributed by atoms with Gasteiger partial charge in [-0.25, -0.2) is 8.42 Å². The van der Waals surface area contributed by atoms with Gasteiger partial charge in [0.1, 0.15) is 18.3 Å². The lowest BCUT2D eigenvalue weighted by Gasteiger charge is -2.32. The molecule has 0 aliphatic rings. The summed E-state index contributed by atoms with van der Waals surface area (Å²) in [7, 11) is -4.11. The van der Waals surface area contributed by atoms with E-state index in [0.29, 0.717) is 24.6 Å². The Kier molecular flexibility index (Phi) is 11.1. The Balaban J connectivity index is 1.98. The van der Waals surface area contributed by atoms with E-state index >= 15 is 0 Å². The second-order valence-electron chi connectivity index (χ2n) is 9.58. The number of rotatable bonds is 14. The minimum atomic E-state index is -4.11. The highest BCUT2D eigenvalue weighted by molar-refractivity contribution is 7.92. The molecule has 0 radical (unpaired) electrons. The van der Waals surface area contributed by atoms with Gasteiger partial charge < -0.3 is 15.0 Å². The summed E-state index contributed by atoms with van der Waals surface area (Å²) in [4.78, 5) is 28.5. The molecule has 0 heterocycles. The zero-order chi connectivity index (χ0) is 29.1. The summed E-state index contributed by atoms with van der Waals surface area (Å²) in [6.45, 7) is 8.18. The van der Waals surface area contributed by atoms with E-state index in [1.165, 1.54) is 17.0 Å². The highest BCUT2D eigenvalue weighted by Gasteiger charge is 2.32. The van der Waals surface area contributed by atoms with Crippen molar-refractivity contribution in [2.45, 2.75) is 58.0 Å². The summed E-state index contributed by atoms with van der Waals surface area (Å²) >= 11 is 0. The number of hydrogen-bond acceptors (Lipinski definition) is 5. The van der Waals surface area contributed by atoms with E-state index in [-0.39, 0.29) is 17.3 Å². The number of anilines is 1. The first-order chi connectivity index (χ1) is 19.2. The van der Waals surface area contributed by atoms with Crippen molar-refractivity contribution in [3.63, 3.8) is 0 Å². The molecule has 1 N–H and O–H groups in total. The van der Waals surface area contributed by atoms with Crippen molar-refractivity contribution >= 4 is 27.5 Å². The molecule has 1 unspecified atom stereocenters. The number of benzene rings is 3. The fraction of sp³-hybridized carbons (Fsp3) is 0.355. The summed E-state index contributed by atoms with van der Waals surface area (Å²) in [6.07, 6.45) is 1.75. The van der Waals surface area contributed by atoms with Gasteiger partial charge in [0.2, 0.25) is 11.8 Å². The summed E-state index contributed by atoms with van der Waals surface area (Å²) in [6, 6.07) is 21.4. The molecule has 9 heteroatoms. The largest absolute Gasteiger partial charge is 0.494 e. The number of carbonyl (C=O) groups is 2. The molecule has 3 rings (SSSR count). The number of unbranched alkanes of at least 4 members (excludes halogenated alkanes) is 1. The molecule has 8 nitrogen and oxygen atoms in total. The van der Waals surface area contributed by atoms with Gasteiger partial charge in [-0.2, -0.15) is 0 Å². The lowest BCUT2D eigenvalue weighted by atomic mass is 10.1. The van der Waals surface area contributed by atoms with Crippen molar-refractivity contribution < 1.29 is 22.7 Å². The maximum atomic E-state index is 13.9. The van der Waals surface area contributed by atoms with Crippen LogP contribution in [0.4, 0.5) is 5.69 Å². The van der Waals surface area contributed by atoms with Crippen LogP contribution in [0.5, 0.6) is 5.75 Å². The predicted molar refractivity (Wildman–Crippen MR) is 158 cm³/mol.